The van der Waals surface area contributed by atoms with Gasteiger partial charge in [0.2, 0.25) is 0 Å². The minimum atomic E-state index is -0.0911. The summed E-state index contributed by atoms with van der Waals surface area (Å²) in [7, 11) is 2.05. The molecule has 3 nitrogen and oxygen atoms in total. The molecule has 3 heteroatoms. The molecule has 0 aromatic heterocycles. The maximum atomic E-state index is 6.24. The van der Waals surface area contributed by atoms with Crippen LogP contribution in [0.3, 0.4) is 0 Å². The molecular formula is C15H29NO2. The van der Waals surface area contributed by atoms with Crippen LogP contribution in [-0.2, 0) is 9.47 Å². The van der Waals surface area contributed by atoms with Gasteiger partial charge in [-0.3, -0.25) is 0 Å². The van der Waals surface area contributed by atoms with Gasteiger partial charge in [0.1, 0.15) is 0 Å². The summed E-state index contributed by atoms with van der Waals surface area (Å²) in [6.45, 7) is 12.0. The Bertz CT molecular complexity index is 306. The van der Waals surface area contributed by atoms with E-state index in [4.69, 9.17) is 9.47 Å². The van der Waals surface area contributed by atoms with E-state index >= 15 is 0 Å². The van der Waals surface area contributed by atoms with E-state index in [9.17, 15) is 0 Å². The van der Waals surface area contributed by atoms with Gasteiger partial charge in [0.25, 0.3) is 0 Å². The molecule has 0 bridgehead atoms. The zero-order valence-electron chi connectivity index (χ0n) is 12.8. The van der Waals surface area contributed by atoms with Crippen LogP contribution in [-0.4, -0.2) is 36.5 Å². The average Bonchev–Trinajstić information content (AvgIpc) is 2.71. The van der Waals surface area contributed by atoms with E-state index in [1.807, 2.05) is 0 Å². The zero-order chi connectivity index (χ0) is 13.6. The van der Waals surface area contributed by atoms with Gasteiger partial charge in [-0.2, -0.15) is 0 Å². The molecule has 106 valence electrons. The third kappa shape index (κ3) is 2.45. The van der Waals surface area contributed by atoms with Gasteiger partial charge < -0.3 is 14.8 Å². The molecule has 0 spiro atoms. The Morgan fingerprint density at radius 1 is 1.17 bits per heavy atom. The first-order valence-electron chi connectivity index (χ1n) is 7.22. The second kappa shape index (κ2) is 4.46. The van der Waals surface area contributed by atoms with Crippen molar-refractivity contribution in [2.75, 3.05) is 13.7 Å². The molecule has 0 aromatic rings. The van der Waals surface area contributed by atoms with Crippen molar-refractivity contribution in [2.45, 2.75) is 76.7 Å². The van der Waals surface area contributed by atoms with E-state index < -0.39 is 0 Å². The molecule has 0 aliphatic carbocycles. The lowest BCUT2D eigenvalue weighted by Crippen LogP contribution is -2.55. The van der Waals surface area contributed by atoms with Gasteiger partial charge in [-0.25, -0.2) is 0 Å². The first-order chi connectivity index (χ1) is 8.20. The minimum Gasteiger partial charge on any atom is -0.374 e. The Morgan fingerprint density at radius 2 is 1.83 bits per heavy atom. The topological polar surface area (TPSA) is 30.5 Å². The van der Waals surface area contributed by atoms with Gasteiger partial charge in [-0.05, 0) is 60.9 Å². The predicted molar refractivity (Wildman–Crippen MR) is 73.8 cm³/mol. The average molecular weight is 255 g/mol. The van der Waals surface area contributed by atoms with Crippen LogP contribution < -0.4 is 5.32 Å². The summed E-state index contributed by atoms with van der Waals surface area (Å²) in [5.74, 6) is 0.487. The summed E-state index contributed by atoms with van der Waals surface area (Å²) in [6.07, 6.45) is 3.40. The number of hydrogen-bond acceptors (Lipinski definition) is 3. The SMILES string of the molecule is CNC(C1CC(C)(C)OC1(C)C)C1(C)CCCO1. The zero-order valence-corrected chi connectivity index (χ0v) is 12.8. The molecule has 18 heavy (non-hydrogen) atoms. The van der Waals surface area contributed by atoms with E-state index in [1.165, 1.54) is 6.42 Å². The van der Waals surface area contributed by atoms with Crippen LogP contribution in [0.15, 0.2) is 0 Å². The summed E-state index contributed by atoms with van der Waals surface area (Å²) >= 11 is 0. The second-order valence-electron chi connectivity index (χ2n) is 7.31. The van der Waals surface area contributed by atoms with Crippen molar-refractivity contribution in [3.63, 3.8) is 0 Å². The van der Waals surface area contributed by atoms with Crippen LogP contribution in [0, 0.1) is 5.92 Å². The number of rotatable bonds is 3. The van der Waals surface area contributed by atoms with E-state index in [0.717, 1.165) is 19.4 Å². The van der Waals surface area contributed by atoms with Crippen LogP contribution >= 0.6 is 0 Å². The summed E-state index contributed by atoms with van der Waals surface area (Å²) in [6, 6.07) is 0.358. The van der Waals surface area contributed by atoms with Crippen molar-refractivity contribution < 1.29 is 9.47 Å². The van der Waals surface area contributed by atoms with Gasteiger partial charge in [0.05, 0.1) is 16.8 Å². The highest BCUT2D eigenvalue weighted by atomic mass is 16.5. The Kier molecular flexibility index (Phi) is 3.54. The van der Waals surface area contributed by atoms with Gasteiger partial charge in [0.15, 0.2) is 0 Å². The molecule has 2 saturated heterocycles. The maximum absolute atomic E-state index is 6.24. The van der Waals surface area contributed by atoms with Crippen molar-refractivity contribution in [2.24, 2.45) is 5.92 Å². The fourth-order valence-corrected chi connectivity index (χ4v) is 4.10. The first kappa shape index (κ1) is 14.3. The molecule has 0 radical (unpaired) electrons. The monoisotopic (exact) mass is 255 g/mol. The van der Waals surface area contributed by atoms with Crippen molar-refractivity contribution in [3.05, 3.63) is 0 Å². The summed E-state index contributed by atoms with van der Waals surface area (Å²) in [4.78, 5) is 0. The quantitative estimate of drug-likeness (QED) is 0.841. The van der Waals surface area contributed by atoms with E-state index in [1.54, 1.807) is 0 Å². The first-order valence-corrected chi connectivity index (χ1v) is 7.22. The molecule has 3 unspecified atom stereocenters. The summed E-state index contributed by atoms with van der Waals surface area (Å²) in [5, 5.41) is 3.51. The summed E-state index contributed by atoms with van der Waals surface area (Å²) in [5.41, 5.74) is -0.162. The van der Waals surface area contributed by atoms with Crippen LogP contribution in [0.4, 0.5) is 0 Å². The highest BCUT2D eigenvalue weighted by molar-refractivity contribution is 5.06. The van der Waals surface area contributed by atoms with E-state index in [2.05, 4.69) is 47.0 Å². The molecule has 0 aromatic carbocycles. The molecule has 2 rings (SSSR count). The minimum absolute atomic E-state index is 0.0295. The van der Waals surface area contributed by atoms with Gasteiger partial charge in [0, 0.05) is 18.6 Å². The normalized spacial score (nSPS) is 40.0. The third-order valence-electron chi connectivity index (χ3n) is 4.76. The van der Waals surface area contributed by atoms with Gasteiger partial charge in [-0.1, -0.05) is 0 Å². The standard InChI is InChI=1S/C15H29NO2/c1-13(2)10-11(14(3,4)18-13)12(16-6)15(5)8-7-9-17-15/h11-12,16H,7-10H2,1-6H3. The highest BCUT2D eigenvalue weighted by Crippen LogP contribution is 2.47. The van der Waals surface area contributed by atoms with Gasteiger partial charge >= 0.3 is 0 Å². The lowest BCUT2D eigenvalue weighted by Gasteiger charge is -2.41. The van der Waals surface area contributed by atoms with Crippen molar-refractivity contribution >= 4 is 0 Å². The highest BCUT2D eigenvalue weighted by Gasteiger charge is 2.54. The van der Waals surface area contributed by atoms with E-state index in [-0.39, 0.29) is 16.8 Å². The number of likely N-dealkylation sites (N-methyl/N-ethyl adjacent to an activating group) is 1. The van der Waals surface area contributed by atoms with Crippen LogP contribution in [0.1, 0.15) is 53.9 Å². The predicted octanol–water partition coefficient (Wildman–Crippen LogP) is 2.74. The number of nitrogens with one attached hydrogen (secondary N) is 1. The Balaban J connectivity index is 2.22. The molecule has 2 aliphatic heterocycles. The molecule has 2 heterocycles. The molecule has 2 aliphatic rings. The molecule has 2 fully saturated rings. The molecule has 0 saturated carbocycles. The van der Waals surface area contributed by atoms with Crippen molar-refractivity contribution in [1.29, 1.82) is 0 Å². The van der Waals surface area contributed by atoms with Gasteiger partial charge in [-0.15, -0.1) is 0 Å². The van der Waals surface area contributed by atoms with Crippen LogP contribution in [0.25, 0.3) is 0 Å². The third-order valence-corrected chi connectivity index (χ3v) is 4.76. The smallest absolute Gasteiger partial charge is 0.0811 e. The number of hydrogen-bond donors (Lipinski definition) is 1. The molecule has 3 atom stereocenters. The molecule has 1 N–H and O–H groups in total. The fourth-order valence-electron chi connectivity index (χ4n) is 4.10. The molecular weight excluding hydrogens is 226 g/mol. The Labute approximate surface area is 112 Å². The van der Waals surface area contributed by atoms with Crippen LogP contribution in [0.2, 0.25) is 0 Å². The largest absolute Gasteiger partial charge is 0.374 e. The fraction of sp³-hybridized carbons (Fsp3) is 1.00. The van der Waals surface area contributed by atoms with Crippen LogP contribution in [0.5, 0.6) is 0 Å². The van der Waals surface area contributed by atoms with E-state index in [0.29, 0.717) is 12.0 Å². The second-order valence-corrected chi connectivity index (χ2v) is 7.31. The number of ether oxygens (including phenoxy) is 2. The Hall–Kier alpha value is -0.120. The Morgan fingerprint density at radius 3 is 2.22 bits per heavy atom. The summed E-state index contributed by atoms with van der Waals surface area (Å²) < 4.78 is 12.3. The molecule has 0 amide bonds. The lowest BCUT2D eigenvalue weighted by atomic mass is 9.74. The van der Waals surface area contributed by atoms with Crippen molar-refractivity contribution in [3.8, 4) is 0 Å². The maximum Gasteiger partial charge on any atom is 0.0811 e. The lowest BCUT2D eigenvalue weighted by molar-refractivity contribution is -0.0942. The van der Waals surface area contributed by atoms with Crippen molar-refractivity contribution in [1.82, 2.24) is 5.32 Å².